The van der Waals surface area contributed by atoms with Crippen LogP contribution in [-0.2, 0) is 20.1 Å². The first-order valence-corrected chi connectivity index (χ1v) is 15.3. The molecule has 0 unspecified atom stereocenters. The average molecular weight is 779 g/mol. The zero-order chi connectivity index (χ0) is 30.5. The van der Waals surface area contributed by atoms with Gasteiger partial charge < -0.3 is 14.0 Å². The molecule has 4 aromatic heterocycles. The summed E-state index contributed by atoms with van der Waals surface area (Å²) in [5.41, 5.74) is 9.99. The maximum absolute atomic E-state index is 4.22. The van der Waals surface area contributed by atoms with Crippen molar-refractivity contribution in [3.05, 3.63) is 176 Å². The molecule has 6 aromatic carbocycles. The van der Waals surface area contributed by atoms with Crippen molar-refractivity contribution in [1.29, 1.82) is 0 Å². The summed E-state index contributed by atoms with van der Waals surface area (Å²) in [6.07, 6.45) is 5.37. The molecule has 0 bridgehead atoms. The van der Waals surface area contributed by atoms with Crippen LogP contribution in [0.2, 0.25) is 0 Å². The topological polar surface area (TPSA) is 26.1 Å². The SMILES string of the molecule is [Ir+3].[c-]1c(-n2[c-][n+](-c3ccccc3)c3ccccc32)ccc2c1c1cccc3c4ccccc4n2c13.[c-]1ccccc1-c1ccccn1. The molecule has 0 aliphatic carbocycles. The maximum atomic E-state index is 4.22. The van der Waals surface area contributed by atoms with Crippen LogP contribution >= 0.6 is 0 Å². The summed E-state index contributed by atoms with van der Waals surface area (Å²) in [5.74, 6) is 0. The molecule has 0 amide bonds. The van der Waals surface area contributed by atoms with Crippen LogP contribution in [0.5, 0.6) is 0 Å². The van der Waals surface area contributed by atoms with E-state index in [4.69, 9.17) is 0 Å². The van der Waals surface area contributed by atoms with Gasteiger partial charge in [-0.05, 0) is 46.5 Å². The van der Waals surface area contributed by atoms with Crippen LogP contribution in [0.3, 0.4) is 0 Å². The number of rotatable bonds is 3. The fourth-order valence-electron chi connectivity index (χ4n) is 6.55. The van der Waals surface area contributed by atoms with Gasteiger partial charge in [0.05, 0.1) is 16.7 Å². The zero-order valence-electron chi connectivity index (χ0n) is 25.1. The van der Waals surface area contributed by atoms with E-state index in [0.717, 1.165) is 39.1 Å². The number of hydrogen-bond donors (Lipinski definition) is 0. The molecule has 0 saturated heterocycles. The van der Waals surface area contributed by atoms with Crippen molar-refractivity contribution in [3.8, 4) is 22.6 Å². The molecule has 0 fully saturated rings. The largest absolute Gasteiger partial charge is 3.00 e. The van der Waals surface area contributed by atoms with E-state index in [9.17, 15) is 0 Å². The van der Waals surface area contributed by atoms with Crippen LogP contribution in [-0.4, -0.2) is 14.0 Å². The molecular formula is C42H26IrN4+. The molecule has 4 heterocycles. The first kappa shape index (κ1) is 28.8. The zero-order valence-corrected chi connectivity index (χ0v) is 27.5. The Morgan fingerprint density at radius 2 is 1.32 bits per heavy atom. The summed E-state index contributed by atoms with van der Waals surface area (Å²) >= 11 is 0. The van der Waals surface area contributed by atoms with Crippen molar-refractivity contribution in [2.45, 2.75) is 0 Å². The normalized spacial score (nSPS) is 11.2. The molecular weight excluding hydrogens is 753 g/mol. The summed E-state index contributed by atoms with van der Waals surface area (Å²) in [6, 6.07) is 59.0. The van der Waals surface area contributed by atoms with Gasteiger partial charge in [0.25, 0.3) is 6.33 Å². The van der Waals surface area contributed by atoms with Crippen molar-refractivity contribution in [1.82, 2.24) is 14.0 Å². The van der Waals surface area contributed by atoms with Gasteiger partial charge >= 0.3 is 20.1 Å². The van der Waals surface area contributed by atoms with Gasteiger partial charge in [0.15, 0.2) is 0 Å². The summed E-state index contributed by atoms with van der Waals surface area (Å²) in [4.78, 5) is 4.22. The van der Waals surface area contributed by atoms with E-state index in [1.807, 2.05) is 48.5 Å². The minimum atomic E-state index is 0. The minimum Gasteiger partial charge on any atom is -0.358 e. The van der Waals surface area contributed by atoms with Crippen LogP contribution < -0.4 is 4.57 Å². The molecule has 0 saturated carbocycles. The van der Waals surface area contributed by atoms with Gasteiger partial charge in [-0.25, -0.2) is 0 Å². The van der Waals surface area contributed by atoms with Crippen LogP contribution in [0, 0.1) is 18.5 Å². The van der Waals surface area contributed by atoms with E-state index in [0.29, 0.717) is 0 Å². The maximum Gasteiger partial charge on any atom is 3.00 e. The second-order valence-corrected chi connectivity index (χ2v) is 11.2. The van der Waals surface area contributed by atoms with Gasteiger partial charge in [-0.2, -0.15) is 0 Å². The summed E-state index contributed by atoms with van der Waals surface area (Å²) in [7, 11) is 0. The van der Waals surface area contributed by atoms with Crippen molar-refractivity contribution < 1.29 is 24.7 Å². The molecule has 0 spiro atoms. The van der Waals surface area contributed by atoms with Gasteiger partial charge in [-0.3, -0.25) is 4.57 Å². The summed E-state index contributed by atoms with van der Waals surface area (Å²) in [6.45, 7) is 0. The molecule has 0 aliphatic rings. The number of para-hydroxylation sites is 5. The molecule has 10 aromatic rings. The Kier molecular flexibility index (Phi) is 7.34. The van der Waals surface area contributed by atoms with Gasteiger partial charge in [-0.1, -0.05) is 96.4 Å². The Morgan fingerprint density at radius 3 is 2.15 bits per heavy atom. The van der Waals surface area contributed by atoms with E-state index in [2.05, 4.69) is 140 Å². The van der Waals surface area contributed by atoms with E-state index in [1.54, 1.807) is 6.20 Å². The number of hydrogen-bond acceptors (Lipinski definition) is 1. The number of aromatic nitrogens is 4. The predicted octanol–water partition coefficient (Wildman–Crippen LogP) is 9.20. The average Bonchev–Trinajstić information content (AvgIpc) is 3.80. The smallest absolute Gasteiger partial charge is 0.358 e. The summed E-state index contributed by atoms with van der Waals surface area (Å²) in [5, 5.41) is 4.96. The Labute approximate surface area is 285 Å². The molecule has 47 heavy (non-hydrogen) atoms. The number of benzene rings is 6. The molecule has 0 aliphatic heterocycles. The quantitative estimate of drug-likeness (QED) is 0.130. The standard InChI is InChI=1S/C31H18N3.C11H8N.Ir/c1-2-9-21(10-3-1)32-20-33(30-16-7-6-15-29(30)32)22-17-18-28-26(19-22)25-13-8-12-24-23-11-4-5-14-27(23)34(28)31(24)25;1-2-6-10(7-3-1)11-8-4-5-9-12-11;/h1-18H;1-6,8-9H;/q2*-1;+3. The second kappa shape index (κ2) is 12.0. The van der Waals surface area contributed by atoms with Crippen LogP contribution in [0.15, 0.2) is 158 Å². The number of fused-ring (bicyclic) bond motifs is 7. The third kappa shape index (κ3) is 4.80. The van der Waals surface area contributed by atoms with E-state index < -0.39 is 0 Å². The van der Waals surface area contributed by atoms with Crippen LogP contribution in [0.25, 0.3) is 71.8 Å². The molecule has 222 valence electrons. The Hall–Kier alpha value is -5.61. The van der Waals surface area contributed by atoms with Gasteiger partial charge in [0.1, 0.15) is 0 Å². The van der Waals surface area contributed by atoms with E-state index >= 15 is 0 Å². The second-order valence-electron chi connectivity index (χ2n) is 11.2. The molecule has 0 radical (unpaired) electrons. The van der Waals surface area contributed by atoms with Crippen molar-refractivity contribution in [2.24, 2.45) is 0 Å². The third-order valence-electron chi connectivity index (χ3n) is 8.58. The van der Waals surface area contributed by atoms with E-state index in [-0.39, 0.29) is 20.1 Å². The van der Waals surface area contributed by atoms with Crippen molar-refractivity contribution in [3.63, 3.8) is 0 Å². The van der Waals surface area contributed by atoms with Crippen molar-refractivity contribution >= 4 is 49.1 Å². The van der Waals surface area contributed by atoms with Gasteiger partial charge in [-0.15, -0.1) is 59.5 Å². The molecule has 0 atom stereocenters. The van der Waals surface area contributed by atoms with Crippen LogP contribution in [0.4, 0.5) is 0 Å². The Morgan fingerprint density at radius 1 is 0.574 bits per heavy atom. The minimum absolute atomic E-state index is 0. The number of imidazole rings is 1. The first-order chi connectivity index (χ1) is 22.8. The van der Waals surface area contributed by atoms with Gasteiger partial charge in [0, 0.05) is 22.6 Å². The van der Waals surface area contributed by atoms with Gasteiger partial charge in [0.2, 0.25) is 0 Å². The molecule has 5 heteroatoms. The number of pyridine rings is 1. The Balaban J connectivity index is 0.000000212. The van der Waals surface area contributed by atoms with Crippen molar-refractivity contribution in [2.75, 3.05) is 0 Å². The van der Waals surface area contributed by atoms with Crippen LogP contribution in [0.1, 0.15) is 0 Å². The fraction of sp³-hybridized carbons (Fsp3) is 0. The Bertz CT molecular complexity index is 2590. The summed E-state index contributed by atoms with van der Waals surface area (Å²) < 4.78 is 6.62. The fourth-order valence-corrected chi connectivity index (χ4v) is 6.55. The molecule has 0 N–H and O–H groups in total. The predicted molar refractivity (Wildman–Crippen MR) is 186 cm³/mol. The number of nitrogens with zero attached hydrogens (tertiary/aromatic N) is 4. The molecule has 10 rings (SSSR count). The monoisotopic (exact) mass is 779 g/mol. The first-order valence-electron chi connectivity index (χ1n) is 15.3. The third-order valence-corrected chi connectivity index (χ3v) is 8.58. The van der Waals surface area contributed by atoms with E-state index in [1.165, 1.54) is 32.7 Å². The molecule has 4 nitrogen and oxygen atoms in total.